The average molecular weight is 309 g/mol. The Morgan fingerprint density at radius 3 is 2.57 bits per heavy atom. The molecule has 0 spiro atoms. The summed E-state index contributed by atoms with van der Waals surface area (Å²) in [5, 5.41) is 7.48. The second-order valence-electron chi connectivity index (χ2n) is 5.26. The molecule has 112 valence electrons. The Labute approximate surface area is 127 Å². The molecule has 0 fully saturated rings. The van der Waals surface area contributed by atoms with E-state index < -0.39 is 6.43 Å². The average Bonchev–Trinajstić information content (AvgIpc) is 2.88. The van der Waals surface area contributed by atoms with Gasteiger partial charge >= 0.3 is 0 Å². The van der Waals surface area contributed by atoms with Gasteiger partial charge in [0.1, 0.15) is 0 Å². The summed E-state index contributed by atoms with van der Waals surface area (Å²) in [5.74, 6) is -0.336. The highest BCUT2D eigenvalue weighted by atomic mass is 32.1. The quantitative estimate of drug-likeness (QED) is 0.871. The molecule has 1 aliphatic rings. The highest BCUT2D eigenvalue weighted by Crippen LogP contribution is 2.33. The number of nitrogens with zero attached hydrogens (tertiary/aromatic N) is 3. The molecule has 2 aromatic rings. The minimum absolute atomic E-state index is 0.210. The van der Waals surface area contributed by atoms with E-state index in [1.807, 2.05) is 12.1 Å². The van der Waals surface area contributed by atoms with E-state index in [1.165, 1.54) is 15.7 Å². The van der Waals surface area contributed by atoms with Gasteiger partial charge < -0.3 is 0 Å². The van der Waals surface area contributed by atoms with Crippen LogP contribution in [0.25, 0.3) is 5.69 Å². The van der Waals surface area contributed by atoms with Gasteiger partial charge in [0, 0.05) is 0 Å². The van der Waals surface area contributed by atoms with Crippen molar-refractivity contribution in [1.82, 2.24) is 14.8 Å². The molecular formula is C15H17F2N3S. The van der Waals surface area contributed by atoms with Crippen molar-refractivity contribution < 1.29 is 8.78 Å². The maximum absolute atomic E-state index is 13.1. The summed E-state index contributed by atoms with van der Waals surface area (Å²) >= 11 is 4.20. The topological polar surface area (TPSA) is 30.7 Å². The van der Waals surface area contributed by atoms with E-state index in [4.69, 9.17) is 0 Å². The molecule has 1 aromatic carbocycles. The molecule has 0 bridgehead atoms. The molecule has 1 heterocycles. The molecule has 0 N–H and O–H groups in total. The smallest absolute Gasteiger partial charge is 0.269 e. The van der Waals surface area contributed by atoms with Gasteiger partial charge in [-0.1, -0.05) is 13.0 Å². The minimum atomic E-state index is -2.66. The Hall–Kier alpha value is -1.43. The molecular weight excluding hydrogens is 292 g/mol. The van der Waals surface area contributed by atoms with Crippen molar-refractivity contribution in [1.29, 1.82) is 0 Å². The zero-order valence-corrected chi connectivity index (χ0v) is 12.7. The van der Waals surface area contributed by atoms with E-state index in [0.717, 1.165) is 43.4 Å². The van der Waals surface area contributed by atoms with E-state index in [9.17, 15) is 8.78 Å². The van der Waals surface area contributed by atoms with Crippen molar-refractivity contribution in [2.24, 2.45) is 0 Å². The van der Waals surface area contributed by atoms with Crippen LogP contribution in [0.5, 0.6) is 0 Å². The van der Waals surface area contributed by atoms with Gasteiger partial charge in [0.25, 0.3) is 6.43 Å². The standard InChI is InChI=1S/C15H17F2N3S/c1-2-9-7-8-12(11-6-4-3-5-10(9)11)20-14(13(16)17)18-19-15(20)21/h7-8,13H,2-6H2,1H3,(H,19,21). The predicted molar refractivity (Wildman–Crippen MR) is 79.6 cm³/mol. The first-order valence-electron chi connectivity index (χ1n) is 7.20. The lowest BCUT2D eigenvalue weighted by Crippen LogP contribution is -2.13. The summed E-state index contributed by atoms with van der Waals surface area (Å²) in [6, 6.07) is 3.93. The lowest BCUT2D eigenvalue weighted by atomic mass is 9.86. The van der Waals surface area contributed by atoms with Gasteiger partial charge in [0.2, 0.25) is 5.82 Å². The van der Waals surface area contributed by atoms with Gasteiger partial charge in [-0.3, -0.25) is 4.57 Å². The van der Waals surface area contributed by atoms with Crippen LogP contribution in [0.4, 0.5) is 8.78 Å². The number of thiol groups is 1. The van der Waals surface area contributed by atoms with Crippen LogP contribution in [0.15, 0.2) is 17.3 Å². The third-order valence-electron chi connectivity index (χ3n) is 4.10. The monoisotopic (exact) mass is 309 g/mol. The summed E-state index contributed by atoms with van der Waals surface area (Å²) in [6.45, 7) is 2.12. The van der Waals surface area contributed by atoms with Gasteiger partial charge in [0.05, 0.1) is 5.69 Å². The van der Waals surface area contributed by atoms with Crippen LogP contribution in [-0.2, 0) is 19.3 Å². The molecule has 0 amide bonds. The van der Waals surface area contributed by atoms with E-state index in [0.29, 0.717) is 0 Å². The Morgan fingerprint density at radius 1 is 1.19 bits per heavy atom. The third kappa shape index (κ3) is 2.46. The lowest BCUT2D eigenvalue weighted by molar-refractivity contribution is 0.137. The molecule has 0 saturated carbocycles. The van der Waals surface area contributed by atoms with E-state index in [-0.39, 0.29) is 11.0 Å². The van der Waals surface area contributed by atoms with Crippen molar-refractivity contribution in [3.05, 3.63) is 34.6 Å². The van der Waals surface area contributed by atoms with Gasteiger partial charge in [-0.2, -0.15) is 0 Å². The number of alkyl halides is 2. The molecule has 0 atom stereocenters. The first-order valence-corrected chi connectivity index (χ1v) is 7.64. The largest absolute Gasteiger partial charge is 0.297 e. The first-order chi connectivity index (χ1) is 10.1. The molecule has 0 unspecified atom stereocenters. The Kier molecular flexibility index (Phi) is 3.97. The summed E-state index contributed by atoms with van der Waals surface area (Å²) in [7, 11) is 0. The molecule has 1 aliphatic carbocycles. The molecule has 6 heteroatoms. The zero-order chi connectivity index (χ0) is 15.0. The number of hydrogen-bond acceptors (Lipinski definition) is 3. The third-order valence-corrected chi connectivity index (χ3v) is 4.38. The van der Waals surface area contributed by atoms with Gasteiger partial charge in [-0.25, -0.2) is 8.78 Å². The van der Waals surface area contributed by atoms with Crippen LogP contribution >= 0.6 is 12.6 Å². The van der Waals surface area contributed by atoms with Gasteiger partial charge in [-0.05, 0) is 54.9 Å². The normalized spacial score (nSPS) is 14.5. The number of hydrogen-bond donors (Lipinski definition) is 1. The minimum Gasteiger partial charge on any atom is -0.269 e. The fraction of sp³-hybridized carbons (Fsp3) is 0.467. The second kappa shape index (κ2) is 5.75. The van der Waals surface area contributed by atoms with Gasteiger partial charge in [0.15, 0.2) is 5.16 Å². The van der Waals surface area contributed by atoms with E-state index in [1.54, 1.807) is 0 Å². The SMILES string of the molecule is CCc1ccc(-n2c(S)nnc2C(F)F)c2c1CCCC2. The number of aryl methyl sites for hydroxylation is 1. The number of fused-ring (bicyclic) bond motifs is 1. The Bertz CT molecular complexity index is 667. The maximum Gasteiger partial charge on any atom is 0.297 e. The zero-order valence-electron chi connectivity index (χ0n) is 11.8. The van der Waals surface area contributed by atoms with E-state index in [2.05, 4.69) is 29.7 Å². The summed E-state index contributed by atoms with van der Waals surface area (Å²) in [5.41, 5.74) is 4.52. The maximum atomic E-state index is 13.1. The van der Waals surface area contributed by atoms with Crippen molar-refractivity contribution in [3.8, 4) is 5.69 Å². The molecule has 0 radical (unpaired) electrons. The number of aromatic nitrogens is 3. The summed E-state index contributed by atoms with van der Waals surface area (Å²) in [4.78, 5) is 0. The predicted octanol–water partition coefficient (Wildman–Crippen LogP) is 3.93. The van der Waals surface area contributed by atoms with Crippen LogP contribution in [-0.4, -0.2) is 14.8 Å². The Morgan fingerprint density at radius 2 is 1.90 bits per heavy atom. The van der Waals surface area contributed by atoms with Crippen LogP contribution in [0.2, 0.25) is 0 Å². The van der Waals surface area contributed by atoms with Crippen LogP contribution < -0.4 is 0 Å². The second-order valence-corrected chi connectivity index (χ2v) is 5.66. The van der Waals surface area contributed by atoms with E-state index >= 15 is 0 Å². The molecule has 21 heavy (non-hydrogen) atoms. The first kappa shape index (κ1) is 14.5. The molecule has 1 aromatic heterocycles. The van der Waals surface area contributed by atoms with Crippen LogP contribution in [0, 0.1) is 0 Å². The molecule has 3 rings (SSSR count). The fourth-order valence-corrected chi connectivity index (χ4v) is 3.38. The van der Waals surface area contributed by atoms with Gasteiger partial charge in [-0.15, -0.1) is 22.8 Å². The van der Waals surface area contributed by atoms with Crippen LogP contribution in [0.3, 0.4) is 0 Å². The summed E-state index contributed by atoms with van der Waals surface area (Å²) in [6.07, 6.45) is 2.46. The fourth-order valence-electron chi connectivity index (χ4n) is 3.12. The molecule has 0 saturated heterocycles. The van der Waals surface area contributed by atoms with Crippen molar-refractivity contribution in [2.45, 2.75) is 50.6 Å². The highest BCUT2D eigenvalue weighted by molar-refractivity contribution is 7.80. The van der Waals surface area contributed by atoms with Crippen molar-refractivity contribution >= 4 is 12.6 Å². The number of halogens is 2. The number of rotatable bonds is 3. The lowest BCUT2D eigenvalue weighted by Gasteiger charge is -2.23. The molecule has 3 nitrogen and oxygen atoms in total. The van der Waals surface area contributed by atoms with Crippen molar-refractivity contribution in [3.63, 3.8) is 0 Å². The molecule has 0 aliphatic heterocycles. The highest BCUT2D eigenvalue weighted by Gasteiger charge is 2.24. The Balaban J connectivity index is 2.22. The van der Waals surface area contributed by atoms with Crippen LogP contribution in [0.1, 0.15) is 48.7 Å². The van der Waals surface area contributed by atoms with Crippen molar-refractivity contribution in [2.75, 3.05) is 0 Å². The number of benzene rings is 1. The summed E-state index contributed by atoms with van der Waals surface area (Å²) < 4.78 is 27.7.